The molecule has 1 fully saturated rings. The van der Waals surface area contributed by atoms with Crippen LogP contribution in [0.1, 0.15) is 19.3 Å². The summed E-state index contributed by atoms with van der Waals surface area (Å²) in [6.45, 7) is 0. The molecule has 10 nitrogen and oxygen atoms in total. The first-order valence-corrected chi connectivity index (χ1v) is 11.0. The van der Waals surface area contributed by atoms with Gasteiger partial charge in [0.15, 0.2) is 23.0 Å². The molecule has 3 aromatic rings. The molecule has 0 bridgehead atoms. The average molecular weight is 489 g/mol. The second kappa shape index (κ2) is 10.2. The van der Waals surface area contributed by atoms with Crippen molar-refractivity contribution in [3.63, 3.8) is 0 Å². The van der Waals surface area contributed by atoms with Gasteiger partial charge >= 0.3 is 6.03 Å². The SMILES string of the molecule is COc1cc(Nc2cnc3ccc(NC(=O)N(S)C4CCCC4F)nc3n2)cc(OC)c1OC. The first-order chi connectivity index (χ1) is 16.4. The van der Waals surface area contributed by atoms with Crippen molar-refractivity contribution in [2.24, 2.45) is 0 Å². The number of nitrogens with zero attached hydrogens (tertiary/aromatic N) is 4. The minimum Gasteiger partial charge on any atom is -0.493 e. The molecule has 2 N–H and O–H groups in total. The van der Waals surface area contributed by atoms with Crippen LogP contribution in [0, 0.1) is 0 Å². The quantitative estimate of drug-likeness (QED) is 0.421. The predicted octanol–water partition coefficient (Wildman–Crippen LogP) is 4.36. The maximum absolute atomic E-state index is 14.0. The van der Waals surface area contributed by atoms with Gasteiger partial charge in [0.2, 0.25) is 5.75 Å². The highest BCUT2D eigenvalue weighted by Crippen LogP contribution is 2.40. The van der Waals surface area contributed by atoms with E-state index in [9.17, 15) is 9.18 Å². The van der Waals surface area contributed by atoms with Crippen molar-refractivity contribution in [1.29, 1.82) is 0 Å². The summed E-state index contributed by atoms with van der Waals surface area (Å²) in [4.78, 5) is 25.7. The van der Waals surface area contributed by atoms with Gasteiger partial charge in [0, 0.05) is 17.8 Å². The molecule has 0 aliphatic heterocycles. The van der Waals surface area contributed by atoms with Gasteiger partial charge in [-0.3, -0.25) is 9.62 Å². The van der Waals surface area contributed by atoms with Gasteiger partial charge in [-0.1, -0.05) is 12.8 Å². The zero-order valence-corrected chi connectivity index (χ0v) is 19.8. The molecule has 1 aromatic carbocycles. The Morgan fingerprint density at radius 3 is 2.41 bits per heavy atom. The number of anilines is 3. The molecule has 0 radical (unpaired) electrons. The van der Waals surface area contributed by atoms with Gasteiger partial charge in [-0.05, 0) is 31.4 Å². The summed E-state index contributed by atoms with van der Waals surface area (Å²) in [5.41, 5.74) is 1.48. The lowest BCUT2D eigenvalue weighted by Crippen LogP contribution is -2.39. The minimum atomic E-state index is -1.08. The molecule has 180 valence electrons. The summed E-state index contributed by atoms with van der Waals surface area (Å²) in [7, 11) is 4.59. The van der Waals surface area contributed by atoms with Crippen LogP contribution < -0.4 is 24.8 Å². The molecule has 12 heteroatoms. The van der Waals surface area contributed by atoms with Gasteiger partial charge in [0.05, 0.1) is 33.6 Å². The number of halogens is 1. The number of methoxy groups -OCH3 is 3. The van der Waals surface area contributed by atoms with E-state index in [0.717, 1.165) is 10.7 Å². The van der Waals surface area contributed by atoms with Gasteiger partial charge in [-0.2, -0.15) is 0 Å². The highest BCUT2D eigenvalue weighted by atomic mass is 32.1. The number of fused-ring (bicyclic) bond motifs is 1. The number of hydrogen-bond acceptors (Lipinski definition) is 9. The van der Waals surface area contributed by atoms with Crippen molar-refractivity contribution in [2.75, 3.05) is 32.0 Å². The van der Waals surface area contributed by atoms with Crippen LogP contribution >= 0.6 is 12.8 Å². The summed E-state index contributed by atoms with van der Waals surface area (Å²) >= 11 is 4.19. The molecular weight excluding hydrogens is 463 g/mol. The number of alkyl halides is 1. The Morgan fingerprint density at radius 2 is 1.79 bits per heavy atom. The normalized spacial score (nSPS) is 17.3. The summed E-state index contributed by atoms with van der Waals surface area (Å²) in [6.07, 6.45) is 2.21. The number of carbonyl (C=O) groups is 1. The number of thiol groups is 1. The fourth-order valence-electron chi connectivity index (χ4n) is 3.82. The van der Waals surface area contributed by atoms with Gasteiger partial charge in [-0.15, -0.1) is 0 Å². The lowest BCUT2D eigenvalue weighted by atomic mass is 10.2. The lowest BCUT2D eigenvalue weighted by molar-refractivity contribution is 0.203. The maximum atomic E-state index is 14.0. The second-order valence-corrected chi connectivity index (χ2v) is 8.05. The van der Waals surface area contributed by atoms with E-state index in [-0.39, 0.29) is 5.82 Å². The van der Waals surface area contributed by atoms with Crippen LogP contribution in [0.5, 0.6) is 17.2 Å². The molecule has 2 aromatic heterocycles. The molecule has 2 atom stereocenters. The van der Waals surface area contributed by atoms with E-state index in [1.807, 2.05) is 0 Å². The van der Waals surface area contributed by atoms with E-state index in [1.54, 1.807) is 30.5 Å². The fraction of sp³-hybridized carbons (Fsp3) is 0.364. The Labute approximate surface area is 201 Å². The van der Waals surface area contributed by atoms with Crippen molar-refractivity contribution < 1.29 is 23.4 Å². The van der Waals surface area contributed by atoms with Gasteiger partial charge in [0.1, 0.15) is 17.5 Å². The van der Waals surface area contributed by atoms with Crippen molar-refractivity contribution in [3.8, 4) is 17.2 Å². The van der Waals surface area contributed by atoms with Crippen LogP contribution in [0.4, 0.5) is 26.5 Å². The van der Waals surface area contributed by atoms with Crippen LogP contribution in [0.25, 0.3) is 11.2 Å². The largest absolute Gasteiger partial charge is 0.493 e. The van der Waals surface area contributed by atoms with Crippen molar-refractivity contribution >= 4 is 47.3 Å². The number of nitrogens with one attached hydrogen (secondary N) is 2. The van der Waals surface area contributed by atoms with E-state index in [0.29, 0.717) is 52.8 Å². The molecule has 0 saturated heterocycles. The molecule has 2 heterocycles. The number of benzene rings is 1. The van der Waals surface area contributed by atoms with Crippen LogP contribution in [-0.4, -0.2) is 58.8 Å². The van der Waals surface area contributed by atoms with Crippen LogP contribution in [0.3, 0.4) is 0 Å². The first kappa shape index (κ1) is 23.6. The van der Waals surface area contributed by atoms with E-state index in [2.05, 4.69) is 38.4 Å². The summed E-state index contributed by atoms with van der Waals surface area (Å²) in [6, 6.07) is 5.65. The minimum absolute atomic E-state index is 0.254. The number of urea groups is 1. The Morgan fingerprint density at radius 1 is 1.09 bits per heavy atom. The average Bonchev–Trinajstić information content (AvgIpc) is 3.28. The third-order valence-corrected chi connectivity index (χ3v) is 5.98. The van der Waals surface area contributed by atoms with Crippen LogP contribution in [-0.2, 0) is 0 Å². The molecule has 34 heavy (non-hydrogen) atoms. The number of aromatic nitrogens is 3. The number of rotatable bonds is 7. The number of carbonyl (C=O) groups excluding carboxylic acids is 1. The third kappa shape index (κ3) is 4.86. The monoisotopic (exact) mass is 488 g/mol. The van der Waals surface area contributed by atoms with Gasteiger partial charge in [0.25, 0.3) is 0 Å². The summed E-state index contributed by atoms with van der Waals surface area (Å²) < 4.78 is 31.2. The standard InChI is InChI=1S/C22H25FN6O4S/c1-31-16-9-12(10-17(32-2)20(16)33-3)25-19-11-24-14-7-8-18(26-21(14)27-19)28-22(30)29(34)15-6-4-5-13(15)23/h7-11,13,15,34H,4-6H2,1-3H3,(H2,25,26,27,28,30). The molecule has 1 saturated carbocycles. The summed E-state index contributed by atoms with van der Waals surface area (Å²) in [5.74, 6) is 2.10. The Kier molecular flexibility index (Phi) is 7.06. The predicted molar refractivity (Wildman–Crippen MR) is 129 cm³/mol. The molecule has 4 rings (SSSR count). The van der Waals surface area contributed by atoms with Crippen molar-refractivity contribution in [3.05, 3.63) is 30.5 Å². The molecule has 1 aliphatic carbocycles. The summed E-state index contributed by atoms with van der Waals surface area (Å²) in [5, 5.41) is 5.78. The highest BCUT2D eigenvalue weighted by Gasteiger charge is 2.33. The zero-order chi connectivity index (χ0) is 24.2. The van der Waals surface area contributed by atoms with E-state index < -0.39 is 18.2 Å². The molecule has 2 unspecified atom stereocenters. The number of amides is 2. The van der Waals surface area contributed by atoms with Crippen LogP contribution in [0.15, 0.2) is 30.5 Å². The molecule has 2 amide bonds. The number of ether oxygens (including phenoxy) is 3. The Hall–Kier alpha value is -3.54. The lowest BCUT2D eigenvalue weighted by Gasteiger charge is -2.24. The van der Waals surface area contributed by atoms with Gasteiger partial charge in [-0.25, -0.2) is 24.1 Å². The van der Waals surface area contributed by atoms with Crippen LogP contribution in [0.2, 0.25) is 0 Å². The van der Waals surface area contributed by atoms with Gasteiger partial charge < -0.3 is 19.5 Å². The Bertz CT molecular complexity index is 1170. The van der Waals surface area contributed by atoms with Crippen molar-refractivity contribution in [2.45, 2.75) is 31.5 Å². The van der Waals surface area contributed by atoms with E-state index in [4.69, 9.17) is 14.2 Å². The van der Waals surface area contributed by atoms with Crippen molar-refractivity contribution in [1.82, 2.24) is 19.3 Å². The first-order valence-electron chi connectivity index (χ1n) is 10.6. The topological polar surface area (TPSA) is 111 Å². The fourth-order valence-corrected chi connectivity index (χ4v) is 4.13. The number of hydrogen-bond donors (Lipinski definition) is 3. The second-order valence-electron chi connectivity index (χ2n) is 7.62. The Balaban J connectivity index is 1.54. The zero-order valence-electron chi connectivity index (χ0n) is 18.9. The molecule has 1 aliphatic rings. The van der Waals surface area contributed by atoms with E-state index >= 15 is 0 Å². The highest BCUT2D eigenvalue weighted by molar-refractivity contribution is 7.78. The smallest absolute Gasteiger partial charge is 0.333 e. The number of pyridine rings is 1. The third-order valence-electron chi connectivity index (χ3n) is 5.50. The maximum Gasteiger partial charge on any atom is 0.333 e. The molecule has 0 spiro atoms. The molecular formula is C22H25FN6O4S. The van der Waals surface area contributed by atoms with E-state index in [1.165, 1.54) is 21.3 Å².